The average molecular weight is 408 g/mol. The molecule has 0 spiro atoms. The van der Waals surface area contributed by atoms with Crippen LogP contribution in [0.1, 0.15) is 67.7 Å². The lowest BCUT2D eigenvalue weighted by molar-refractivity contribution is -0.143. The smallest absolute Gasteiger partial charge is 0.227 e. The molecule has 166 valence electrons. The van der Waals surface area contributed by atoms with Gasteiger partial charge in [0.05, 0.1) is 5.92 Å². The molecule has 6 nitrogen and oxygen atoms in total. The summed E-state index contributed by atoms with van der Waals surface area (Å²) in [7, 11) is 0. The molecular weight excluding hydrogens is 366 g/mol. The van der Waals surface area contributed by atoms with Crippen LogP contribution in [-0.4, -0.2) is 70.7 Å². The SMILES string of the molecule is CC(C)CN(CC(C)C)C(=O)C1CCN(C(=O)C2CC(=O)N(C(C)(C)C)C2)CC1. The first kappa shape index (κ1) is 23.7. The maximum Gasteiger partial charge on any atom is 0.227 e. The van der Waals surface area contributed by atoms with Gasteiger partial charge in [0, 0.05) is 50.6 Å². The summed E-state index contributed by atoms with van der Waals surface area (Å²) in [5.74, 6) is 1.06. The van der Waals surface area contributed by atoms with Crippen LogP contribution in [0, 0.1) is 23.7 Å². The first-order chi connectivity index (χ1) is 13.4. The summed E-state index contributed by atoms with van der Waals surface area (Å²) in [4.78, 5) is 44.1. The third-order valence-corrected chi connectivity index (χ3v) is 5.92. The number of rotatable bonds is 6. The summed E-state index contributed by atoms with van der Waals surface area (Å²) in [6.45, 7) is 17.9. The van der Waals surface area contributed by atoms with Crippen molar-refractivity contribution < 1.29 is 14.4 Å². The van der Waals surface area contributed by atoms with Gasteiger partial charge in [0.1, 0.15) is 0 Å². The lowest BCUT2D eigenvalue weighted by atomic mass is 9.93. The normalized spacial score (nSPS) is 21.4. The van der Waals surface area contributed by atoms with Crippen LogP contribution < -0.4 is 0 Å². The van der Waals surface area contributed by atoms with E-state index in [1.54, 1.807) is 0 Å². The molecule has 29 heavy (non-hydrogen) atoms. The number of hydrogen-bond donors (Lipinski definition) is 0. The van der Waals surface area contributed by atoms with E-state index in [2.05, 4.69) is 27.7 Å². The number of carbonyl (C=O) groups excluding carboxylic acids is 3. The second-order valence-electron chi connectivity index (χ2n) is 10.7. The first-order valence-electron chi connectivity index (χ1n) is 11.3. The van der Waals surface area contributed by atoms with Crippen molar-refractivity contribution in [1.29, 1.82) is 0 Å². The van der Waals surface area contributed by atoms with E-state index in [-0.39, 0.29) is 35.1 Å². The summed E-state index contributed by atoms with van der Waals surface area (Å²) in [5.41, 5.74) is -0.248. The van der Waals surface area contributed by atoms with Gasteiger partial charge in [-0.1, -0.05) is 27.7 Å². The minimum absolute atomic E-state index is 0.00725. The van der Waals surface area contributed by atoms with Crippen molar-refractivity contribution in [3.63, 3.8) is 0 Å². The molecule has 0 N–H and O–H groups in total. The fourth-order valence-electron chi connectivity index (χ4n) is 4.52. The van der Waals surface area contributed by atoms with Gasteiger partial charge in [-0.2, -0.15) is 0 Å². The largest absolute Gasteiger partial charge is 0.342 e. The Balaban J connectivity index is 1.92. The Morgan fingerprint density at radius 2 is 1.52 bits per heavy atom. The molecule has 0 aliphatic carbocycles. The number of hydrogen-bond acceptors (Lipinski definition) is 3. The molecule has 2 rings (SSSR count). The van der Waals surface area contributed by atoms with Gasteiger partial charge < -0.3 is 14.7 Å². The maximum absolute atomic E-state index is 13.1. The van der Waals surface area contributed by atoms with Gasteiger partial charge in [0.15, 0.2) is 0 Å². The molecule has 0 bridgehead atoms. The van der Waals surface area contributed by atoms with Crippen molar-refractivity contribution in [2.45, 2.75) is 73.3 Å². The Morgan fingerprint density at radius 3 is 1.93 bits per heavy atom. The molecule has 0 aromatic rings. The molecule has 1 unspecified atom stereocenters. The van der Waals surface area contributed by atoms with Crippen molar-refractivity contribution in [1.82, 2.24) is 14.7 Å². The molecule has 1 atom stereocenters. The van der Waals surface area contributed by atoms with Crippen molar-refractivity contribution in [3.8, 4) is 0 Å². The standard InChI is InChI=1S/C23H41N3O3/c1-16(2)13-25(14-17(3)4)21(28)18-8-10-24(11-9-18)22(29)19-12-20(27)26(15-19)23(5,6)7/h16-19H,8-15H2,1-7H3. The van der Waals surface area contributed by atoms with Gasteiger partial charge in [-0.3, -0.25) is 14.4 Å². The number of piperidine rings is 1. The maximum atomic E-state index is 13.1. The zero-order valence-electron chi connectivity index (χ0n) is 19.5. The Bertz CT molecular complexity index is 591. The highest BCUT2D eigenvalue weighted by Crippen LogP contribution is 2.29. The van der Waals surface area contributed by atoms with Crippen LogP contribution in [-0.2, 0) is 14.4 Å². The van der Waals surface area contributed by atoms with E-state index in [0.29, 0.717) is 37.9 Å². The number of amides is 3. The van der Waals surface area contributed by atoms with Crippen molar-refractivity contribution in [3.05, 3.63) is 0 Å². The summed E-state index contributed by atoms with van der Waals surface area (Å²) in [6.07, 6.45) is 1.76. The Kier molecular flexibility index (Phi) is 7.74. The van der Waals surface area contributed by atoms with E-state index in [0.717, 1.165) is 25.9 Å². The molecule has 2 aliphatic heterocycles. The van der Waals surface area contributed by atoms with Gasteiger partial charge in [0.25, 0.3) is 0 Å². The van der Waals surface area contributed by atoms with Gasteiger partial charge in [-0.25, -0.2) is 0 Å². The predicted octanol–water partition coefficient (Wildman–Crippen LogP) is 3.01. The highest BCUT2D eigenvalue weighted by Gasteiger charge is 2.41. The molecule has 2 heterocycles. The molecule has 0 aromatic heterocycles. The van der Waals surface area contributed by atoms with Gasteiger partial charge in [-0.05, 0) is 45.4 Å². The summed E-state index contributed by atoms with van der Waals surface area (Å²) in [5, 5.41) is 0. The summed E-state index contributed by atoms with van der Waals surface area (Å²) in [6, 6.07) is 0. The highest BCUT2D eigenvalue weighted by atomic mass is 16.2. The van der Waals surface area contributed by atoms with Crippen LogP contribution in [0.4, 0.5) is 0 Å². The van der Waals surface area contributed by atoms with Crippen LogP contribution in [0.15, 0.2) is 0 Å². The van der Waals surface area contributed by atoms with E-state index < -0.39 is 0 Å². The quantitative estimate of drug-likeness (QED) is 0.680. The van der Waals surface area contributed by atoms with E-state index in [4.69, 9.17) is 0 Å². The zero-order chi connectivity index (χ0) is 21.9. The van der Waals surface area contributed by atoms with Crippen LogP contribution in [0.5, 0.6) is 0 Å². The summed E-state index contributed by atoms with van der Waals surface area (Å²) < 4.78 is 0. The lowest BCUT2D eigenvalue weighted by Gasteiger charge is -2.36. The number of likely N-dealkylation sites (tertiary alicyclic amines) is 2. The molecular formula is C23H41N3O3. The van der Waals surface area contributed by atoms with Crippen molar-refractivity contribution in [2.75, 3.05) is 32.7 Å². The lowest BCUT2D eigenvalue weighted by Crippen LogP contribution is -2.48. The number of nitrogens with zero attached hydrogens (tertiary/aromatic N) is 3. The Hall–Kier alpha value is -1.59. The molecule has 2 aliphatic rings. The topological polar surface area (TPSA) is 60.9 Å². The second-order valence-corrected chi connectivity index (χ2v) is 10.7. The van der Waals surface area contributed by atoms with Crippen molar-refractivity contribution >= 4 is 17.7 Å². The molecule has 6 heteroatoms. The number of carbonyl (C=O) groups is 3. The van der Waals surface area contributed by atoms with Gasteiger partial charge in [-0.15, -0.1) is 0 Å². The second kappa shape index (κ2) is 9.48. The van der Waals surface area contributed by atoms with E-state index in [9.17, 15) is 14.4 Å². The van der Waals surface area contributed by atoms with Crippen LogP contribution in [0.25, 0.3) is 0 Å². The Morgan fingerprint density at radius 1 is 1.00 bits per heavy atom. The van der Waals surface area contributed by atoms with E-state index in [1.165, 1.54) is 0 Å². The van der Waals surface area contributed by atoms with E-state index >= 15 is 0 Å². The van der Waals surface area contributed by atoms with Gasteiger partial charge >= 0.3 is 0 Å². The third-order valence-electron chi connectivity index (χ3n) is 5.92. The molecule has 2 fully saturated rings. The minimum atomic E-state index is -0.248. The molecule has 2 saturated heterocycles. The van der Waals surface area contributed by atoms with Crippen molar-refractivity contribution in [2.24, 2.45) is 23.7 Å². The Labute approximate surface area is 177 Å². The molecule has 0 aromatic carbocycles. The molecule has 0 saturated carbocycles. The first-order valence-corrected chi connectivity index (χ1v) is 11.3. The van der Waals surface area contributed by atoms with Crippen LogP contribution in [0.3, 0.4) is 0 Å². The fraction of sp³-hybridized carbons (Fsp3) is 0.870. The third kappa shape index (κ3) is 6.19. The van der Waals surface area contributed by atoms with Gasteiger partial charge in [0.2, 0.25) is 17.7 Å². The van der Waals surface area contributed by atoms with E-state index in [1.807, 2.05) is 35.5 Å². The van der Waals surface area contributed by atoms with Crippen LogP contribution >= 0.6 is 0 Å². The summed E-state index contributed by atoms with van der Waals surface area (Å²) >= 11 is 0. The predicted molar refractivity (Wildman–Crippen MR) is 115 cm³/mol. The molecule has 0 radical (unpaired) electrons. The monoisotopic (exact) mass is 407 g/mol. The molecule has 3 amide bonds. The zero-order valence-corrected chi connectivity index (χ0v) is 19.5. The van der Waals surface area contributed by atoms with Crippen LogP contribution in [0.2, 0.25) is 0 Å². The minimum Gasteiger partial charge on any atom is -0.342 e. The fourth-order valence-corrected chi connectivity index (χ4v) is 4.52. The average Bonchev–Trinajstić information content (AvgIpc) is 3.01. The highest BCUT2D eigenvalue weighted by molar-refractivity contribution is 5.90.